The van der Waals surface area contributed by atoms with Gasteiger partial charge in [0.25, 0.3) is 0 Å². The van der Waals surface area contributed by atoms with E-state index in [1.54, 1.807) is 24.3 Å². The standard InChI is InChI=1S/C14H16N2O2/c1-2-3-4-8-18-11-14(17)16-13-7-5-6-12(9-13)10-15/h2,5-7,9H,1,3-4,8,11H2,(H,16,17). The van der Waals surface area contributed by atoms with Gasteiger partial charge in [-0.05, 0) is 31.0 Å². The van der Waals surface area contributed by atoms with Gasteiger partial charge in [0.05, 0.1) is 11.6 Å². The lowest BCUT2D eigenvalue weighted by Crippen LogP contribution is -2.18. The zero-order valence-electron chi connectivity index (χ0n) is 10.2. The molecule has 4 nitrogen and oxygen atoms in total. The smallest absolute Gasteiger partial charge is 0.250 e. The molecule has 0 fully saturated rings. The minimum absolute atomic E-state index is 0.0218. The molecule has 18 heavy (non-hydrogen) atoms. The fourth-order valence-corrected chi connectivity index (χ4v) is 1.36. The molecule has 0 radical (unpaired) electrons. The first kappa shape index (κ1) is 13.9. The number of ether oxygens (including phenoxy) is 1. The average Bonchev–Trinajstić information content (AvgIpc) is 2.38. The molecule has 1 aromatic rings. The number of rotatable bonds is 7. The maximum absolute atomic E-state index is 11.5. The molecule has 0 saturated carbocycles. The van der Waals surface area contributed by atoms with Crippen LogP contribution in [0.5, 0.6) is 0 Å². The normalized spacial score (nSPS) is 9.50. The van der Waals surface area contributed by atoms with Crippen LogP contribution in [0.3, 0.4) is 0 Å². The van der Waals surface area contributed by atoms with Gasteiger partial charge < -0.3 is 10.1 Å². The largest absolute Gasteiger partial charge is 0.372 e. The molecule has 0 saturated heterocycles. The van der Waals surface area contributed by atoms with E-state index in [1.807, 2.05) is 12.1 Å². The van der Waals surface area contributed by atoms with E-state index >= 15 is 0 Å². The summed E-state index contributed by atoms with van der Waals surface area (Å²) in [4.78, 5) is 11.5. The Labute approximate surface area is 107 Å². The SMILES string of the molecule is C=CCCCOCC(=O)Nc1cccc(C#N)c1. The van der Waals surface area contributed by atoms with Gasteiger partial charge in [-0.3, -0.25) is 4.79 Å². The van der Waals surface area contributed by atoms with E-state index in [-0.39, 0.29) is 12.5 Å². The molecule has 94 valence electrons. The Morgan fingerprint density at radius 2 is 2.39 bits per heavy atom. The number of benzene rings is 1. The lowest BCUT2D eigenvalue weighted by Gasteiger charge is -2.06. The number of hydrogen-bond donors (Lipinski definition) is 1. The molecule has 1 N–H and O–H groups in total. The van der Waals surface area contributed by atoms with E-state index < -0.39 is 0 Å². The van der Waals surface area contributed by atoms with Crippen molar-refractivity contribution in [1.29, 1.82) is 5.26 Å². The Balaban J connectivity index is 2.31. The van der Waals surface area contributed by atoms with Crippen LogP contribution in [0.4, 0.5) is 5.69 Å². The van der Waals surface area contributed by atoms with Gasteiger partial charge in [-0.15, -0.1) is 6.58 Å². The third kappa shape index (κ3) is 5.28. The van der Waals surface area contributed by atoms with E-state index in [0.29, 0.717) is 17.9 Å². The Kier molecular flexibility index (Phi) is 6.23. The Hall–Kier alpha value is -2.12. The number of allylic oxidation sites excluding steroid dienone is 1. The molecule has 0 aliphatic rings. The summed E-state index contributed by atoms with van der Waals surface area (Å²) < 4.78 is 5.20. The van der Waals surface area contributed by atoms with Crippen molar-refractivity contribution >= 4 is 11.6 Å². The number of carbonyl (C=O) groups is 1. The number of nitriles is 1. The predicted molar refractivity (Wildman–Crippen MR) is 70.0 cm³/mol. The summed E-state index contributed by atoms with van der Waals surface area (Å²) in [6.45, 7) is 4.17. The van der Waals surface area contributed by atoms with Crippen molar-refractivity contribution in [1.82, 2.24) is 0 Å². The highest BCUT2D eigenvalue weighted by Crippen LogP contribution is 2.09. The molecule has 0 spiro atoms. The fraction of sp³-hybridized carbons (Fsp3) is 0.286. The van der Waals surface area contributed by atoms with Gasteiger partial charge in [-0.1, -0.05) is 12.1 Å². The zero-order chi connectivity index (χ0) is 13.2. The van der Waals surface area contributed by atoms with Crippen LogP contribution in [-0.4, -0.2) is 19.1 Å². The second kappa shape index (κ2) is 8.04. The van der Waals surface area contributed by atoms with Crippen molar-refractivity contribution < 1.29 is 9.53 Å². The molecule has 0 heterocycles. The van der Waals surface area contributed by atoms with Crippen molar-refractivity contribution in [3.05, 3.63) is 42.5 Å². The van der Waals surface area contributed by atoms with E-state index in [1.165, 1.54) is 0 Å². The summed E-state index contributed by atoms with van der Waals surface area (Å²) in [5, 5.41) is 11.4. The number of anilines is 1. The third-order valence-electron chi connectivity index (χ3n) is 2.21. The van der Waals surface area contributed by atoms with Gasteiger partial charge in [0, 0.05) is 12.3 Å². The number of amides is 1. The first-order valence-corrected chi connectivity index (χ1v) is 5.75. The lowest BCUT2D eigenvalue weighted by molar-refractivity contribution is -0.120. The highest BCUT2D eigenvalue weighted by Gasteiger charge is 2.02. The highest BCUT2D eigenvalue weighted by molar-refractivity contribution is 5.91. The fourth-order valence-electron chi connectivity index (χ4n) is 1.36. The van der Waals surface area contributed by atoms with Crippen LogP contribution < -0.4 is 5.32 Å². The molecular weight excluding hydrogens is 228 g/mol. The molecule has 0 aliphatic carbocycles. The highest BCUT2D eigenvalue weighted by atomic mass is 16.5. The predicted octanol–water partition coefficient (Wildman–Crippen LogP) is 2.48. The maximum Gasteiger partial charge on any atom is 0.250 e. The van der Waals surface area contributed by atoms with Crippen molar-refractivity contribution in [2.45, 2.75) is 12.8 Å². The quantitative estimate of drug-likeness (QED) is 0.592. The van der Waals surface area contributed by atoms with Gasteiger partial charge in [0.1, 0.15) is 6.61 Å². The van der Waals surface area contributed by atoms with Crippen molar-refractivity contribution in [3.63, 3.8) is 0 Å². The second-order valence-electron chi connectivity index (χ2n) is 3.72. The molecule has 1 rings (SSSR count). The van der Waals surface area contributed by atoms with Crippen molar-refractivity contribution in [2.24, 2.45) is 0 Å². The zero-order valence-corrected chi connectivity index (χ0v) is 10.2. The number of nitrogens with one attached hydrogen (secondary N) is 1. The van der Waals surface area contributed by atoms with Crippen molar-refractivity contribution in [3.8, 4) is 6.07 Å². The van der Waals surface area contributed by atoms with E-state index in [0.717, 1.165) is 12.8 Å². The summed E-state index contributed by atoms with van der Waals surface area (Å²) in [5.74, 6) is -0.219. The number of unbranched alkanes of at least 4 members (excludes halogenated alkanes) is 1. The summed E-state index contributed by atoms with van der Waals surface area (Å²) in [6.07, 6.45) is 3.56. The maximum atomic E-state index is 11.5. The summed E-state index contributed by atoms with van der Waals surface area (Å²) in [7, 11) is 0. The van der Waals surface area contributed by atoms with Gasteiger partial charge in [-0.2, -0.15) is 5.26 Å². The molecule has 0 aromatic heterocycles. The minimum Gasteiger partial charge on any atom is -0.372 e. The van der Waals surface area contributed by atoms with Crippen LogP contribution in [0.2, 0.25) is 0 Å². The van der Waals surface area contributed by atoms with Crippen LogP contribution >= 0.6 is 0 Å². The van der Waals surface area contributed by atoms with Crippen LogP contribution in [0.25, 0.3) is 0 Å². The number of nitrogens with zero attached hydrogens (tertiary/aromatic N) is 1. The van der Waals surface area contributed by atoms with Gasteiger partial charge in [-0.25, -0.2) is 0 Å². The van der Waals surface area contributed by atoms with Gasteiger partial charge in [0.2, 0.25) is 5.91 Å². The van der Waals surface area contributed by atoms with E-state index in [2.05, 4.69) is 11.9 Å². The molecule has 0 unspecified atom stereocenters. The minimum atomic E-state index is -0.219. The third-order valence-corrected chi connectivity index (χ3v) is 2.21. The average molecular weight is 244 g/mol. The molecule has 1 aromatic carbocycles. The van der Waals surface area contributed by atoms with Gasteiger partial charge in [0.15, 0.2) is 0 Å². The van der Waals surface area contributed by atoms with Crippen LogP contribution in [0.1, 0.15) is 18.4 Å². The topological polar surface area (TPSA) is 62.1 Å². The second-order valence-corrected chi connectivity index (χ2v) is 3.72. The van der Waals surface area contributed by atoms with Crippen molar-refractivity contribution in [2.75, 3.05) is 18.5 Å². The van der Waals surface area contributed by atoms with E-state index in [4.69, 9.17) is 10.00 Å². The monoisotopic (exact) mass is 244 g/mol. The Morgan fingerprint density at radius 1 is 1.56 bits per heavy atom. The lowest BCUT2D eigenvalue weighted by atomic mass is 10.2. The van der Waals surface area contributed by atoms with Crippen LogP contribution in [0, 0.1) is 11.3 Å². The van der Waals surface area contributed by atoms with Crippen LogP contribution in [-0.2, 0) is 9.53 Å². The summed E-state index contributed by atoms with van der Waals surface area (Å²) >= 11 is 0. The summed E-state index contributed by atoms with van der Waals surface area (Å²) in [5.41, 5.74) is 1.12. The Bertz CT molecular complexity index is 449. The molecule has 0 aliphatic heterocycles. The van der Waals surface area contributed by atoms with Crippen LogP contribution in [0.15, 0.2) is 36.9 Å². The summed E-state index contributed by atoms with van der Waals surface area (Å²) in [6, 6.07) is 8.77. The first-order valence-electron chi connectivity index (χ1n) is 5.75. The molecular formula is C14H16N2O2. The number of hydrogen-bond acceptors (Lipinski definition) is 3. The molecule has 1 amide bonds. The molecule has 0 bridgehead atoms. The van der Waals surface area contributed by atoms with E-state index in [9.17, 15) is 4.79 Å². The Morgan fingerprint density at radius 3 is 3.11 bits per heavy atom. The molecule has 0 atom stereocenters. The van der Waals surface area contributed by atoms with Gasteiger partial charge >= 0.3 is 0 Å². The first-order chi connectivity index (χ1) is 8.76. The molecule has 4 heteroatoms. The number of carbonyl (C=O) groups excluding carboxylic acids is 1.